The Kier molecular flexibility index (Phi) is 3.94. The van der Waals surface area contributed by atoms with Gasteiger partial charge in [0.05, 0.1) is 6.42 Å². The number of nitrogens with zero attached hydrogens (tertiary/aromatic N) is 2. The van der Waals surface area contributed by atoms with Crippen molar-refractivity contribution in [1.82, 2.24) is 9.55 Å². The number of Topliss-reactive ketones (excluding diaryl/α,β-unsaturated/α-hetero) is 1. The number of imidazole rings is 1. The third-order valence-corrected chi connectivity index (χ3v) is 3.89. The molecule has 1 saturated carbocycles. The van der Waals surface area contributed by atoms with E-state index in [1.165, 1.54) is 0 Å². The molecule has 1 aromatic rings. The maximum Gasteiger partial charge on any atom is 0.143 e. The molecule has 0 radical (unpaired) electrons. The molecule has 0 bridgehead atoms. The predicted octanol–water partition coefficient (Wildman–Crippen LogP) is 1.30. The zero-order valence-corrected chi connectivity index (χ0v) is 10.4. The van der Waals surface area contributed by atoms with Gasteiger partial charge in [-0.1, -0.05) is 0 Å². The van der Waals surface area contributed by atoms with Crippen molar-refractivity contribution < 1.29 is 4.79 Å². The zero-order valence-electron chi connectivity index (χ0n) is 10.4. The number of carbonyl (C=O) groups is 1. The SMILES string of the molecule is Cn1ccnc1CC(=O)C1CCC(CN)CC1. The zero-order chi connectivity index (χ0) is 12.3. The van der Waals surface area contributed by atoms with Crippen molar-refractivity contribution in [2.75, 3.05) is 6.54 Å². The lowest BCUT2D eigenvalue weighted by Gasteiger charge is -2.26. The molecule has 0 aliphatic heterocycles. The summed E-state index contributed by atoms with van der Waals surface area (Å²) in [5.41, 5.74) is 5.66. The number of rotatable bonds is 4. The highest BCUT2D eigenvalue weighted by Crippen LogP contribution is 2.29. The Hall–Kier alpha value is -1.16. The van der Waals surface area contributed by atoms with Gasteiger partial charge in [-0.2, -0.15) is 0 Å². The topological polar surface area (TPSA) is 60.9 Å². The lowest BCUT2D eigenvalue weighted by Crippen LogP contribution is -2.27. The summed E-state index contributed by atoms with van der Waals surface area (Å²) in [6.45, 7) is 0.764. The van der Waals surface area contributed by atoms with E-state index in [2.05, 4.69) is 4.98 Å². The van der Waals surface area contributed by atoms with Gasteiger partial charge in [0.1, 0.15) is 11.6 Å². The number of hydrogen-bond donors (Lipinski definition) is 1. The maximum absolute atomic E-state index is 12.1. The highest BCUT2D eigenvalue weighted by Gasteiger charge is 2.26. The number of aryl methyl sites for hydroxylation is 1. The van der Waals surface area contributed by atoms with E-state index in [0.29, 0.717) is 18.1 Å². The van der Waals surface area contributed by atoms with Gasteiger partial charge in [0, 0.05) is 25.4 Å². The van der Waals surface area contributed by atoms with Gasteiger partial charge in [-0.15, -0.1) is 0 Å². The maximum atomic E-state index is 12.1. The van der Waals surface area contributed by atoms with Crippen LogP contribution in [-0.4, -0.2) is 21.9 Å². The van der Waals surface area contributed by atoms with E-state index in [1.807, 2.05) is 17.8 Å². The van der Waals surface area contributed by atoms with Gasteiger partial charge < -0.3 is 10.3 Å². The molecule has 1 heterocycles. The lowest BCUT2D eigenvalue weighted by atomic mass is 9.79. The molecule has 2 rings (SSSR count). The number of nitrogens with two attached hydrogens (primary N) is 1. The number of carbonyl (C=O) groups excluding carboxylic acids is 1. The van der Waals surface area contributed by atoms with Crippen LogP contribution in [-0.2, 0) is 18.3 Å². The van der Waals surface area contributed by atoms with Gasteiger partial charge in [0.2, 0.25) is 0 Å². The van der Waals surface area contributed by atoms with Crippen molar-refractivity contribution in [3.63, 3.8) is 0 Å². The fourth-order valence-corrected chi connectivity index (χ4v) is 2.59. The van der Waals surface area contributed by atoms with E-state index >= 15 is 0 Å². The minimum atomic E-state index is 0.231. The molecule has 4 nitrogen and oxygen atoms in total. The van der Waals surface area contributed by atoms with Crippen LogP contribution in [0.25, 0.3) is 0 Å². The summed E-state index contributed by atoms with van der Waals surface area (Å²) in [5.74, 6) is 2.08. The van der Waals surface area contributed by atoms with Crippen LogP contribution in [0, 0.1) is 11.8 Å². The first-order chi connectivity index (χ1) is 8.20. The first-order valence-corrected chi connectivity index (χ1v) is 6.39. The molecule has 0 spiro atoms. The van der Waals surface area contributed by atoms with Crippen molar-refractivity contribution in [3.05, 3.63) is 18.2 Å². The van der Waals surface area contributed by atoms with Crippen molar-refractivity contribution in [2.45, 2.75) is 32.1 Å². The van der Waals surface area contributed by atoms with E-state index in [9.17, 15) is 4.79 Å². The molecule has 1 aliphatic rings. The van der Waals surface area contributed by atoms with Crippen LogP contribution >= 0.6 is 0 Å². The average Bonchev–Trinajstić information content (AvgIpc) is 2.75. The quantitative estimate of drug-likeness (QED) is 0.855. The van der Waals surface area contributed by atoms with E-state index in [4.69, 9.17) is 5.73 Å². The minimum Gasteiger partial charge on any atom is -0.338 e. The van der Waals surface area contributed by atoms with Gasteiger partial charge in [-0.05, 0) is 38.1 Å². The first kappa shape index (κ1) is 12.3. The van der Waals surface area contributed by atoms with Crippen LogP contribution in [0.15, 0.2) is 12.4 Å². The highest BCUT2D eigenvalue weighted by atomic mass is 16.1. The molecule has 0 amide bonds. The molecule has 1 aromatic heterocycles. The molecule has 2 N–H and O–H groups in total. The van der Waals surface area contributed by atoms with Crippen molar-refractivity contribution in [3.8, 4) is 0 Å². The van der Waals surface area contributed by atoms with Crippen molar-refractivity contribution in [2.24, 2.45) is 24.6 Å². The van der Waals surface area contributed by atoms with E-state index in [-0.39, 0.29) is 5.92 Å². The minimum absolute atomic E-state index is 0.231. The summed E-state index contributed by atoms with van der Waals surface area (Å²) in [4.78, 5) is 16.3. The largest absolute Gasteiger partial charge is 0.338 e. The van der Waals surface area contributed by atoms with Gasteiger partial charge in [0.25, 0.3) is 0 Å². The molecule has 1 fully saturated rings. The molecule has 0 atom stereocenters. The number of ketones is 1. The molecule has 1 aliphatic carbocycles. The van der Waals surface area contributed by atoms with Gasteiger partial charge in [0.15, 0.2) is 0 Å². The van der Waals surface area contributed by atoms with E-state index < -0.39 is 0 Å². The van der Waals surface area contributed by atoms with Crippen LogP contribution in [0.2, 0.25) is 0 Å². The summed E-state index contributed by atoms with van der Waals surface area (Å²) in [6, 6.07) is 0. The fraction of sp³-hybridized carbons (Fsp3) is 0.692. The Bertz CT molecular complexity index is 378. The number of hydrogen-bond acceptors (Lipinski definition) is 3. The second kappa shape index (κ2) is 5.45. The second-order valence-electron chi connectivity index (χ2n) is 5.05. The Labute approximate surface area is 102 Å². The fourth-order valence-electron chi connectivity index (χ4n) is 2.59. The first-order valence-electron chi connectivity index (χ1n) is 6.39. The predicted molar refractivity (Wildman–Crippen MR) is 66.4 cm³/mol. The van der Waals surface area contributed by atoms with E-state index in [1.54, 1.807) is 6.20 Å². The Balaban J connectivity index is 1.87. The monoisotopic (exact) mass is 235 g/mol. The third kappa shape index (κ3) is 2.94. The van der Waals surface area contributed by atoms with Crippen LogP contribution in [0.4, 0.5) is 0 Å². The van der Waals surface area contributed by atoms with E-state index in [0.717, 1.165) is 38.1 Å². The second-order valence-corrected chi connectivity index (χ2v) is 5.05. The van der Waals surface area contributed by atoms with Crippen LogP contribution in [0.5, 0.6) is 0 Å². The molecule has 17 heavy (non-hydrogen) atoms. The molecule has 0 aromatic carbocycles. The van der Waals surface area contributed by atoms with Crippen molar-refractivity contribution >= 4 is 5.78 Å². The van der Waals surface area contributed by atoms with Gasteiger partial charge in [-0.3, -0.25) is 4.79 Å². The Morgan fingerprint density at radius 3 is 2.71 bits per heavy atom. The molecule has 4 heteroatoms. The normalized spacial score (nSPS) is 24.8. The summed E-state index contributed by atoms with van der Waals surface area (Å²) in [7, 11) is 1.93. The number of aromatic nitrogens is 2. The van der Waals surface area contributed by atoms with Gasteiger partial charge in [-0.25, -0.2) is 4.98 Å². The third-order valence-electron chi connectivity index (χ3n) is 3.89. The molecule has 94 valence electrons. The van der Waals surface area contributed by atoms with Gasteiger partial charge >= 0.3 is 0 Å². The summed E-state index contributed by atoms with van der Waals surface area (Å²) in [5, 5.41) is 0. The van der Waals surface area contributed by atoms with Crippen LogP contribution in [0.1, 0.15) is 31.5 Å². The highest BCUT2D eigenvalue weighted by molar-refractivity contribution is 5.82. The van der Waals surface area contributed by atoms with Crippen molar-refractivity contribution in [1.29, 1.82) is 0 Å². The molecule has 0 unspecified atom stereocenters. The summed E-state index contributed by atoms with van der Waals surface area (Å²) < 4.78 is 1.92. The lowest BCUT2D eigenvalue weighted by molar-refractivity contribution is -0.123. The van der Waals surface area contributed by atoms with Crippen LogP contribution in [0.3, 0.4) is 0 Å². The Morgan fingerprint density at radius 1 is 1.47 bits per heavy atom. The molecular weight excluding hydrogens is 214 g/mol. The Morgan fingerprint density at radius 2 is 2.18 bits per heavy atom. The van der Waals surface area contributed by atoms with Crippen LogP contribution < -0.4 is 5.73 Å². The molecular formula is C13H21N3O. The smallest absolute Gasteiger partial charge is 0.143 e. The molecule has 0 saturated heterocycles. The standard InChI is InChI=1S/C13H21N3O/c1-16-7-6-15-13(16)8-12(17)11-4-2-10(9-14)3-5-11/h6-7,10-11H,2-5,8-9,14H2,1H3. The average molecular weight is 235 g/mol. The summed E-state index contributed by atoms with van der Waals surface area (Å²) >= 11 is 0. The summed E-state index contributed by atoms with van der Waals surface area (Å²) in [6.07, 6.45) is 8.32.